The summed E-state index contributed by atoms with van der Waals surface area (Å²) in [7, 11) is 1.71. The molecule has 16 heavy (non-hydrogen) atoms. The number of hydrogen-bond acceptors (Lipinski definition) is 6. The molecular formula is C8H10N4O3S. The Balaban J connectivity index is 1.98. The largest absolute Gasteiger partial charge is 0.343 e. The molecule has 3 unspecified atom stereocenters. The van der Waals surface area contributed by atoms with Gasteiger partial charge < -0.3 is 9.47 Å². The van der Waals surface area contributed by atoms with Crippen LogP contribution < -0.4 is 0 Å². The number of Topliss-reactive ketones (excluding diaryl/α,β-unsaturated/α-hetero) is 1. The molecule has 86 valence electrons. The summed E-state index contributed by atoms with van der Waals surface area (Å²) in [4.78, 5) is 11.6. The molecule has 7 nitrogen and oxygen atoms in total. The van der Waals surface area contributed by atoms with Crippen LogP contribution in [0.3, 0.4) is 0 Å². The average Bonchev–Trinajstić information content (AvgIpc) is 2.82. The van der Waals surface area contributed by atoms with Gasteiger partial charge in [-0.1, -0.05) is 0 Å². The summed E-state index contributed by atoms with van der Waals surface area (Å²) >= 11 is 5.15. The molecule has 2 aliphatic heterocycles. The predicted molar refractivity (Wildman–Crippen MR) is 53.1 cm³/mol. The first-order chi connectivity index (χ1) is 7.66. The maximum atomic E-state index is 11.6. The van der Waals surface area contributed by atoms with Crippen molar-refractivity contribution in [1.82, 2.24) is 19.8 Å². The number of nitrogens with zero attached hydrogens (tertiary/aromatic N) is 4. The molecule has 0 saturated carbocycles. The molecule has 0 spiro atoms. The Hall–Kier alpha value is -1.12. The number of carbonyl (C=O) groups excluding carboxylic acids is 1. The first-order valence-electron chi connectivity index (χ1n) is 4.95. The predicted octanol–water partition coefficient (Wildman–Crippen LogP) is -0.399. The van der Waals surface area contributed by atoms with Crippen molar-refractivity contribution < 1.29 is 14.3 Å². The third-order valence-corrected chi connectivity index (χ3v) is 3.32. The highest BCUT2D eigenvalue weighted by atomic mass is 32.1. The molecule has 2 bridgehead atoms. The van der Waals surface area contributed by atoms with Gasteiger partial charge >= 0.3 is 0 Å². The summed E-state index contributed by atoms with van der Waals surface area (Å²) < 4.78 is 14.2. The van der Waals surface area contributed by atoms with Crippen molar-refractivity contribution in [1.29, 1.82) is 0 Å². The Morgan fingerprint density at radius 1 is 1.50 bits per heavy atom. The molecule has 8 heteroatoms. The van der Waals surface area contributed by atoms with Crippen LogP contribution in [0.5, 0.6) is 0 Å². The summed E-state index contributed by atoms with van der Waals surface area (Å²) in [5.74, 6) is -0.0636. The Kier molecular flexibility index (Phi) is 2.16. The maximum Gasteiger partial charge on any atom is 0.218 e. The van der Waals surface area contributed by atoms with Crippen LogP contribution in [0.15, 0.2) is 0 Å². The van der Waals surface area contributed by atoms with Crippen molar-refractivity contribution in [2.24, 2.45) is 7.05 Å². The van der Waals surface area contributed by atoms with Crippen molar-refractivity contribution in [3.05, 3.63) is 4.77 Å². The van der Waals surface area contributed by atoms with E-state index in [1.807, 2.05) is 0 Å². The summed E-state index contributed by atoms with van der Waals surface area (Å²) in [5, 5.41) is 7.74. The molecule has 2 fully saturated rings. The second-order valence-corrected chi connectivity index (χ2v) is 4.27. The number of tetrazole rings is 1. The van der Waals surface area contributed by atoms with Crippen molar-refractivity contribution >= 4 is 18.0 Å². The molecule has 1 aromatic heterocycles. The Morgan fingerprint density at radius 3 is 3.00 bits per heavy atom. The summed E-state index contributed by atoms with van der Waals surface area (Å²) in [5.41, 5.74) is 0. The van der Waals surface area contributed by atoms with E-state index in [2.05, 4.69) is 10.4 Å². The van der Waals surface area contributed by atoms with E-state index in [0.717, 1.165) is 0 Å². The summed E-state index contributed by atoms with van der Waals surface area (Å²) in [6.45, 7) is 0.402. The number of hydrogen-bond donors (Lipinski definition) is 0. The van der Waals surface area contributed by atoms with Gasteiger partial charge in [0.05, 0.1) is 12.6 Å². The van der Waals surface area contributed by atoms with Crippen LogP contribution in [0, 0.1) is 4.77 Å². The lowest BCUT2D eigenvalue weighted by Crippen LogP contribution is -2.37. The molecule has 3 atom stereocenters. The van der Waals surface area contributed by atoms with E-state index in [-0.39, 0.29) is 17.9 Å². The second kappa shape index (κ2) is 3.44. The minimum Gasteiger partial charge on any atom is -0.343 e. The average molecular weight is 242 g/mol. The molecule has 3 heterocycles. The van der Waals surface area contributed by atoms with Crippen LogP contribution in [0.25, 0.3) is 0 Å². The smallest absolute Gasteiger partial charge is 0.218 e. The normalized spacial score (nSPS) is 33.3. The molecule has 0 aromatic carbocycles. The highest BCUT2D eigenvalue weighted by Gasteiger charge is 2.44. The van der Waals surface area contributed by atoms with Crippen LogP contribution in [0.1, 0.15) is 12.5 Å². The number of aromatic nitrogens is 4. The number of ether oxygens (including phenoxy) is 2. The molecule has 2 saturated heterocycles. The topological polar surface area (TPSA) is 71.2 Å². The number of aryl methyl sites for hydroxylation is 1. The van der Waals surface area contributed by atoms with Gasteiger partial charge in [-0.2, -0.15) is 0 Å². The van der Waals surface area contributed by atoms with Gasteiger partial charge in [0.25, 0.3) is 0 Å². The van der Waals surface area contributed by atoms with Gasteiger partial charge in [-0.3, -0.25) is 4.79 Å². The zero-order valence-corrected chi connectivity index (χ0v) is 9.38. The van der Waals surface area contributed by atoms with Gasteiger partial charge in [0.1, 0.15) is 6.10 Å². The maximum absolute atomic E-state index is 11.6. The first kappa shape index (κ1) is 10.1. The Labute approximate surface area is 95.9 Å². The monoisotopic (exact) mass is 242 g/mol. The highest BCUT2D eigenvalue weighted by molar-refractivity contribution is 7.71. The quantitative estimate of drug-likeness (QED) is 0.624. The van der Waals surface area contributed by atoms with Gasteiger partial charge in [0.15, 0.2) is 5.78 Å². The molecule has 1 aromatic rings. The van der Waals surface area contributed by atoms with Crippen LogP contribution >= 0.6 is 12.2 Å². The van der Waals surface area contributed by atoms with E-state index in [9.17, 15) is 4.79 Å². The minimum absolute atomic E-state index is 0.0636. The fraction of sp³-hybridized carbons (Fsp3) is 0.750. The van der Waals surface area contributed by atoms with Gasteiger partial charge in [-0.05, 0) is 22.6 Å². The standard InChI is InChI=1S/C8H10N4O3S/c1-11-8(16)12(10-9-11)4-2-5(13)7-14-3-6(4)15-7/h4,6-7H,2-3H2,1H3. The molecular weight excluding hydrogens is 232 g/mol. The van der Waals surface area contributed by atoms with E-state index < -0.39 is 6.29 Å². The van der Waals surface area contributed by atoms with Crippen LogP contribution in [-0.2, 0) is 21.3 Å². The van der Waals surface area contributed by atoms with Crippen molar-refractivity contribution in [3.8, 4) is 0 Å². The fourth-order valence-corrected chi connectivity index (χ4v) is 2.21. The van der Waals surface area contributed by atoms with Crippen LogP contribution in [-0.4, -0.2) is 44.6 Å². The van der Waals surface area contributed by atoms with E-state index >= 15 is 0 Å². The molecule has 0 aliphatic carbocycles. The van der Waals surface area contributed by atoms with Crippen LogP contribution in [0.2, 0.25) is 0 Å². The number of fused-ring (bicyclic) bond motifs is 2. The third kappa shape index (κ3) is 1.34. The SMILES string of the molecule is Cn1nnn(C2CC(=O)C3OCC2O3)c1=S. The Bertz CT molecular complexity index is 496. The van der Waals surface area contributed by atoms with Crippen molar-refractivity contribution in [3.63, 3.8) is 0 Å². The van der Waals surface area contributed by atoms with Gasteiger partial charge in [-0.15, -0.1) is 0 Å². The zero-order valence-electron chi connectivity index (χ0n) is 8.57. The molecule has 2 aliphatic rings. The molecule has 0 radical (unpaired) electrons. The molecule has 0 amide bonds. The zero-order chi connectivity index (χ0) is 11.3. The minimum atomic E-state index is -0.688. The van der Waals surface area contributed by atoms with Crippen molar-refractivity contribution in [2.75, 3.05) is 6.61 Å². The van der Waals surface area contributed by atoms with Crippen LogP contribution in [0.4, 0.5) is 0 Å². The van der Waals surface area contributed by atoms with E-state index in [4.69, 9.17) is 21.7 Å². The van der Waals surface area contributed by atoms with Gasteiger partial charge in [0, 0.05) is 13.5 Å². The lowest BCUT2D eigenvalue weighted by molar-refractivity contribution is -0.156. The molecule has 0 N–H and O–H groups in total. The second-order valence-electron chi connectivity index (χ2n) is 3.91. The summed E-state index contributed by atoms with van der Waals surface area (Å²) in [6.07, 6.45) is -0.513. The highest BCUT2D eigenvalue weighted by Crippen LogP contribution is 2.32. The lowest BCUT2D eigenvalue weighted by atomic mass is 10.0. The van der Waals surface area contributed by atoms with E-state index in [1.165, 1.54) is 4.68 Å². The summed E-state index contributed by atoms with van der Waals surface area (Å²) in [6, 6.07) is -0.201. The van der Waals surface area contributed by atoms with Crippen molar-refractivity contribution in [2.45, 2.75) is 24.9 Å². The van der Waals surface area contributed by atoms with Gasteiger partial charge in [-0.25, -0.2) is 9.36 Å². The first-order valence-corrected chi connectivity index (χ1v) is 5.36. The number of rotatable bonds is 1. The van der Waals surface area contributed by atoms with E-state index in [1.54, 1.807) is 11.7 Å². The lowest BCUT2D eigenvalue weighted by Gasteiger charge is -2.25. The fourth-order valence-electron chi connectivity index (χ4n) is 2.00. The number of carbonyl (C=O) groups is 1. The van der Waals surface area contributed by atoms with Gasteiger partial charge in [0.2, 0.25) is 11.1 Å². The van der Waals surface area contributed by atoms with E-state index in [0.29, 0.717) is 17.8 Å². The molecule has 3 rings (SSSR count). The number of ketones is 1. The third-order valence-electron chi connectivity index (χ3n) is 2.87. The Morgan fingerprint density at radius 2 is 2.31 bits per heavy atom.